The minimum absolute atomic E-state index is 0.800. The second-order valence-corrected chi connectivity index (χ2v) is 4.29. The number of aromatic nitrogens is 1. The van der Waals surface area contributed by atoms with Gasteiger partial charge in [-0.05, 0) is 56.5 Å². The molecule has 1 aliphatic heterocycles. The van der Waals surface area contributed by atoms with E-state index >= 15 is 0 Å². The van der Waals surface area contributed by atoms with Gasteiger partial charge in [-0.15, -0.1) is 0 Å². The Morgan fingerprint density at radius 3 is 3.00 bits per heavy atom. The van der Waals surface area contributed by atoms with Crippen LogP contribution >= 0.6 is 0 Å². The van der Waals surface area contributed by atoms with Gasteiger partial charge in [0.1, 0.15) is 5.82 Å². The van der Waals surface area contributed by atoms with Crippen LogP contribution in [0.15, 0.2) is 18.3 Å². The Labute approximate surface area is 91.3 Å². The Morgan fingerprint density at radius 2 is 2.27 bits per heavy atom. The van der Waals surface area contributed by atoms with Crippen molar-refractivity contribution in [1.29, 1.82) is 0 Å². The van der Waals surface area contributed by atoms with E-state index in [0.717, 1.165) is 31.4 Å². The van der Waals surface area contributed by atoms with Gasteiger partial charge in [-0.25, -0.2) is 4.98 Å². The van der Waals surface area contributed by atoms with Gasteiger partial charge in [-0.3, -0.25) is 0 Å². The van der Waals surface area contributed by atoms with E-state index in [4.69, 9.17) is 0 Å². The van der Waals surface area contributed by atoms with Gasteiger partial charge in [-0.2, -0.15) is 0 Å². The van der Waals surface area contributed by atoms with Gasteiger partial charge < -0.3 is 10.6 Å². The molecule has 2 heterocycles. The lowest BCUT2D eigenvalue weighted by molar-refractivity contribution is 0.389. The van der Waals surface area contributed by atoms with Crippen molar-refractivity contribution >= 4 is 5.82 Å². The summed E-state index contributed by atoms with van der Waals surface area (Å²) in [6, 6.07) is 4.12. The molecule has 0 spiro atoms. The van der Waals surface area contributed by atoms with Crippen LogP contribution in [0.5, 0.6) is 0 Å². The fourth-order valence-corrected chi connectivity index (χ4v) is 1.97. The van der Waals surface area contributed by atoms with E-state index in [1.807, 2.05) is 12.3 Å². The highest BCUT2D eigenvalue weighted by molar-refractivity contribution is 5.36. The van der Waals surface area contributed by atoms with Crippen LogP contribution < -0.4 is 10.6 Å². The minimum atomic E-state index is 0.800. The maximum Gasteiger partial charge on any atom is 0.126 e. The molecule has 0 aliphatic carbocycles. The maximum absolute atomic E-state index is 4.30. The molecular formula is C12H19N3. The molecule has 0 bridgehead atoms. The molecule has 1 saturated heterocycles. The van der Waals surface area contributed by atoms with Crippen molar-refractivity contribution in [2.45, 2.75) is 19.8 Å². The zero-order chi connectivity index (χ0) is 10.5. The smallest absolute Gasteiger partial charge is 0.126 e. The van der Waals surface area contributed by atoms with E-state index in [0.29, 0.717) is 0 Å². The third kappa shape index (κ3) is 3.20. The molecule has 0 saturated carbocycles. The van der Waals surface area contributed by atoms with Crippen LogP contribution in [0.1, 0.15) is 18.4 Å². The fourth-order valence-electron chi connectivity index (χ4n) is 1.97. The first-order valence-electron chi connectivity index (χ1n) is 5.72. The maximum atomic E-state index is 4.30. The summed E-state index contributed by atoms with van der Waals surface area (Å²) >= 11 is 0. The molecule has 15 heavy (non-hydrogen) atoms. The van der Waals surface area contributed by atoms with Gasteiger partial charge in [0.05, 0.1) is 0 Å². The van der Waals surface area contributed by atoms with Crippen molar-refractivity contribution in [3.63, 3.8) is 0 Å². The number of hydrogen-bond acceptors (Lipinski definition) is 3. The molecule has 82 valence electrons. The summed E-state index contributed by atoms with van der Waals surface area (Å²) in [5, 5.41) is 6.79. The lowest BCUT2D eigenvalue weighted by atomic mass is 9.98. The first-order chi connectivity index (χ1) is 7.34. The van der Waals surface area contributed by atoms with Gasteiger partial charge in [0.25, 0.3) is 0 Å². The number of aryl methyl sites for hydroxylation is 1. The summed E-state index contributed by atoms with van der Waals surface area (Å²) in [6.07, 6.45) is 4.41. The second kappa shape index (κ2) is 5.12. The van der Waals surface area contributed by atoms with Crippen molar-refractivity contribution in [3.05, 3.63) is 23.9 Å². The van der Waals surface area contributed by atoms with Crippen LogP contribution in [-0.4, -0.2) is 24.6 Å². The topological polar surface area (TPSA) is 37.0 Å². The van der Waals surface area contributed by atoms with E-state index in [9.17, 15) is 0 Å². The molecule has 0 radical (unpaired) electrons. The molecule has 2 N–H and O–H groups in total. The van der Waals surface area contributed by atoms with E-state index in [1.165, 1.54) is 18.4 Å². The van der Waals surface area contributed by atoms with Gasteiger partial charge in [0.2, 0.25) is 0 Å². The lowest BCUT2D eigenvalue weighted by Crippen LogP contribution is -2.31. The van der Waals surface area contributed by atoms with Crippen LogP contribution in [0.4, 0.5) is 5.82 Å². The van der Waals surface area contributed by atoms with E-state index in [-0.39, 0.29) is 0 Å². The molecule has 0 aromatic carbocycles. The summed E-state index contributed by atoms with van der Waals surface area (Å²) in [5.74, 6) is 1.81. The Morgan fingerprint density at radius 1 is 1.47 bits per heavy atom. The third-order valence-corrected chi connectivity index (χ3v) is 2.95. The summed E-state index contributed by atoms with van der Waals surface area (Å²) in [4.78, 5) is 4.30. The molecule has 1 aromatic heterocycles. The first-order valence-corrected chi connectivity index (χ1v) is 5.72. The fraction of sp³-hybridized carbons (Fsp3) is 0.583. The number of pyridine rings is 1. The summed E-state index contributed by atoms with van der Waals surface area (Å²) in [7, 11) is 0. The zero-order valence-electron chi connectivity index (χ0n) is 9.29. The van der Waals surface area contributed by atoms with Gasteiger partial charge >= 0.3 is 0 Å². The molecule has 0 atom stereocenters. The van der Waals surface area contributed by atoms with Gasteiger partial charge in [-0.1, -0.05) is 0 Å². The molecule has 0 amide bonds. The Kier molecular flexibility index (Phi) is 3.56. The predicted molar refractivity (Wildman–Crippen MR) is 63.1 cm³/mol. The summed E-state index contributed by atoms with van der Waals surface area (Å²) in [6.45, 7) is 5.47. The molecule has 1 aromatic rings. The molecular weight excluding hydrogens is 186 g/mol. The molecule has 3 heteroatoms. The monoisotopic (exact) mass is 205 g/mol. The van der Waals surface area contributed by atoms with Crippen LogP contribution in [0, 0.1) is 12.8 Å². The SMILES string of the molecule is Cc1ccnc(NCC2CCNCC2)c1. The van der Waals surface area contributed by atoms with Crippen molar-refractivity contribution in [1.82, 2.24) is 10.3 Å². The quantitative estimate of drug-likeness (QED) is 0.790. The zero-order valence-corrected chi connectivity index (χ0v) is 9.29. The van der Waals surface area contributed by atoms with Crippen LogP contribution in [0.3, 0.4) is 0 Å². The lowest BCUT2D eigenvalue weighted by Gasteiger charge is -2.22. The summed E-state index contributed by atoms with van der Waals surface area (Å²) in [5.41, 5.74) is 1.26. The van der Waals surface area contributed by atoms with Crippen molar-refractivity contribution in [3.8, 4) is 0 Å². The molecule has 2 rings (SSSR count). The van der Waals surface area contributed by atoms with Crippen molar-refractivity contribution in [2.24, 2.45) is 5.92 Å². The van der Waals surface area contributed by atoms with Crippen molar-refractivity contribution in [2.75, 3.05) is 25.0 Å². The number of anilines is 1. The minimum Gasteiger partial charge on any atom is -0.370 e. The number of hydrogen-bond donors (Lipinski definition) is 2. The highest BCUT2D eigenvalue weighted by Crippen LogP contribution is 2.13. The van der Waals surface area contributed by atoms with Crippen LogP contribution in [0.25, 0.3) is 0 Å². The molecule has 1 aliphatic rings. The summed E-state index contributed by atoms with van der Waals surface area (Å²) < 4.78 is 0. The van der Waals surface area contributed by atoms with E-state index < -0.39 is 0 Å². The van der Waals surface area contributed by atoms with E-state index in [1.54, 1.807) is 0 Å². The average Bonchev–Trinajstić information content (AvgIpc) is 2.28. The van der Waals surface area contributed by atoms with Gasteiger partial charge in [0, 0.05) is 12.7 Å². The van der Waals surface area contributed by atoms with Crippen molar-refractivity contribution < 1.29 is 0 Å². The molecule has 0 unspecified atom stereocenters. The Balaban J connectivity index is 1.81. The normalized spacial score (nSPS) is 17.7. The number of nitrogens with one attached hydrogen (secondary N) is 2. The Bertz CT molecular complexity index is 305. The first kappa shape index (κ1) is 10.4. The highest BCUT2D eigenvalue weighted by atomic mass is 15.0. The highest BCUT2D eigenvalue weighted by Gasteiger charge is 2.12. The Hall–Kier alpha value is -1.09. The van der Waals surface area contributed by atoms with Crippen LogP contribution in [0.2, 0.25) is 0 Å². The molecule has 1 fully saturated rings. The van der Waals surface area contributed by atoms with Gasteiger partial charge in [0.15, 0.2) is 0 Å². The number of piperidine rings is 1. The average molecular weight is 205 g/mol. The molecule has 3 nitrogen and oxygen atoms in total. The van der Waals surface area contributed by atoms with E-state index in [2.05, 4.69) is 28.6 Å². The predicted octanol–water partition coefficient (Wildman–Crippen LogP) is 1.80. The largest absolute Gasteiger partial charge is 0.370 e. The number of nitrogens with zero attached hydrogens (tertiary/aromatic N) is 1. The standard InChI is InChI=1S/C12H19N3/c1-10-2-7-14-12(8-10)15-9-11-3-5-13-6-4-11/h2,7-8,11,13H,3-6,9H2,1H3,(H,14,15). The third-order valence-electron chi connectivity index (χ3n) is 2.95. The number of rotatable bonds is 3. The second-order valence-electron chi connectivity index (χ2n) is 4.29. The van der Waals surface area contributed by atoms with Crippen LogP contribution in [-0.2, 0) is 0 Å².